The molecule has 3 heterocycles. The summed E-state index contributed by atoms with van der Waals surface area (Å²) in [5, 5.41) is 6.63. The number of carbonyl (C=O) groups excluding carboxylic acids is 1. The Kier molecular flexibility index (Phi) is 3.00. The quantitative estimate of drug-likeness (QED) is 0.786. The number of nitrogens with zero attached hydrogens (tertiary/aromatic N) is 4. The Balaban J connectivity index is 1.74. The molecule has 22 heavy (non-hydrogen) atoms. The Labute approximate surface area is 127 Å². The molecular formula is C16H15N5O. The van der Waals surface area contributed by atoms with Crippen LogP contribution in [-0.4, -0.2) is 30.6 Å². The molecule has 110 valence electrons. The molecule has 0 saturated heterocycles. The third-order valence-corrected chi connectivity index (χ3v) is 4.04. The lowest BCUT2D eigenvalue weighted by Gasteiger charge is -2.36. The monoisotopic (exact) mass is 293 g/mol. The zero-order chi connectivity index (χ0) is 14.9. The van der Waals surface area contributed by atoms with Gasteiger partial charge in [-0.1, -0.05) is 30.3 Å². The number of nitrogens with one attached hydrogen (secondary N) is 1. The highest BCUT2D eigenvalue weighted by Crippen LogP contribution is 2.30. The van der Waals surface area contributed by atoms with Crippen LogP contribution in [0.25, 0.3) is 0 Å². The Hall–Kier alpha value is -2.89. The summed E-state index contributed by atoms with van der Waals surface area (Å²) in [7, 11) is 0. The first kappa shape index (κ1) is 12.8. The Morgan fingerprint density at radius 2 is 2.05 bits per heavy atom. The summed E-state index contributed by atoms with van der Waals surface area (Å²) in [5.41, 5.74) is 1.62. The minimum absolute atomic E-state index is 0.0151. The number of hydrogen-bond donors (Lipinski definition) is 1. The smallest absolute Gasteiger partial charge is 0.272 e. The molecule has 0 spiro atoms. The largest absolute Gasteiger partial charge is 0.331 e. The van der Waals surface area contributed by atoms with E-state index >= 15 is 0 Å². The van der Waals surface area contributed by atoms with Crippen molar-refractivity contribution in [1.82, 2.24) is 24.6 Å². The van der Waals surface area contributed by atoms with Gasteiger partial charge in [0.1, 0.15) is 11.5 Å². The molecule has 2 aromatic heterocycles. The number of fused-ring (bicyclic) bond motifs is 1. The minimum atomic E-state index is -0.0550. The molecule has 1 aromatic carbocycles. The second-order valence-corrected chi connectivity index (χ2v) is 5.33. The summed E-state index contributed by atoms with van der Waals surface area (Å²) in [6, 6.07) is 11.8. The number of carbonyl (C=O) groups is 1. The molecule has 0 saturated carbocycles. The molecule has 4 rings (SSSR count). The van der Waals surface area contributed by atoms with Gasteiger partial charge >= 0.3 is 0 Å². The maximum Gasteiger partial charge on any atom is 0.272 e. The summed E-state index contributed by atoms with van der Waals surface area (Å²) >= 11 is 0. The maximum absolute atomic E-state index is 12.8. The van der Waals surface area contributed by atoms with E-state index in [1.807, 2.05) is 29.3 Å². The summed E-state index contributed by atoms with van der Waals surface area (Å²) in [5.74, 6) is 0.848. The zero-order valence-corrected chi connectivity index (χ0v) is 11.9. The first-order valence-electron chi connectivity index (χ1n) is 7.18. The number of imidazole rings is 1. The van der Waals surface area contributed by atoms with Crippen LogP contribution in [0.3, 0.4) is 0 Å². The second-order valence-electron chi connectivity index (χ2n) is 5.33. The number of rotatable bonds is 2. The van der Waals surface area contributed by atoms with Crippen molar-refractivity contribution in [1.29, 1.82) is 0 Å². The van der Waals surface area contributed by atoms with Crippen molar-refractivity contribution in [3.8, 4) is 0 Å². The van der Waals surface area contributed by atoms with Gasteiger partial charge in [0, 0.05) is 25.1 Å². The van der Waals surface area contributed by atoms with E-state index in [4.69, 9.17) is 0 Å². The molecule has 6 heteroatoms. The van der Waals surface area contributed by atoms with Crippen molar-refractivity contribution in [2.45, 2.75) is 19.1 Å². The van der Waals surface area contributed by atoms with Gasteiger partial charge in [0.25, 0.3) is 5.91 Å². The van der Waals surface area contributed by atoms with Gasteiger partial charge in [0.2, 0.25) is 0 Å². The lowest BCUT2D eigenvalue weighted by atomic mass is 10.0. The van der Waals surface area contributed by atoms with E-state index in [1.54, 1.807) is 18.5 Å². The molecule has 0 radical (unpaired) electrons. The summed E-state index contributed by atoms with van der Waals surface area (Å²) in [6.07, 6.45) is 5.33. The third kappa shape index (κ3) is 2.09. The van der Waals surface area contributed by atoms with Crippen LogP contribution in [0.5, 0.6) is 0 Å². The molecular weight excluding hydrogens is 278 g/mol. The van der Waals surface area contributed by atoms with Crippen molar-refractivity contribution >= 4 is 5.91 Å². The van der Waals surface area contributed by atoms with Gasteiger partial charge in [0.05, 0.1) is 12.6 Å². The van der Waals surface area contributed by atoms with Crippen LogP contribution in [0.4, 0.5) is 0 Å². The molecule has 1 N–H and O–H groups in total. The van der Waals surface area contributed by atoms with Crippen LogP contribution < -0.4 is 0 Å². The first-order chi connectivity index (χ1) is 10.8. The Morgan fingerprint density at radius 1 is 1.18 bits per heavy atom. The first-order valence-corrected chi connectivity index (χ1v) is 7.18. The SMILES string of the molecule is O=C(c1ccn[nH]1)N1Cc2nccn2C[C@H]1c1ccccc1. The lowest BCUT2D eigenvalue weighted by molar-refractivity contribution is 0.0578. The molecule has 0 unspecified atom stereocenters. The van der Waals surface area contributed by atoms with Gasteiger partial charge in [-0.05, 0) is 11.6 Å². The summed E-state index contributed by atoms with van der Waals surface area (Å²) in [4.78, 5) is 19.0. The van der Waals surface area contributed by atoms with E-state index in [2.05, 4.69) is 31.9 Å². The van der Waals surface area contributed by atoms with Crippen LogP contribution in [0.1, 0.15) is 27.9 Å². The average molecular weight is 293 g/mol. The molecule has 0 bridgehead atoms. The van der Waals surface area contributed by atoms with E-state index < -0.39 is 0 Å². The maximum atomic E-state index is 12.8. The summed E-state index contributed by atoms with van der Waals surface area (Å²) in [6.45, 7) is 1.20. The molecule has 0 aliphatic carbocycles. The highest BCUT2D eigenvalue weighted by Gasteiger charge is 2.32. The average Bonchev–Trinajstić information content (AvgIpc) is 3.25. The number of amides is 1. The highest BCUT2D eigenvalue weighted by molar-refractivity contribution is 5.92. The van der Waals surface area contributed by atoms with Crippen molar-refractivity contribution in [3.05, 3.63) is 72.1 Å². The van der Waals surface area contributed by atoms with E-state index in [1.165, 1.54) is 0 Å². The Bertz CT molecular complexity index is 778. The van der Waals surface area contributed by atoms with Gasteiger partial charge in [-0.25, -0.2) is 4.98 Å². The van der Waals surface area contributed by atoms with Gasteiger partial charge in [-0.3, -0.25) is 9.89 Å². The lowest BCUT2D eigenvalue weighted by Crippen LogP contribution is -2.41. The van der Waals surface area contributed by atoms with Gasteiger partial charge in [0.15, 0.2) is 0 Å². The number of benzene rings is 1. The van der Waals surface area contributed by atoms with Crippen molar-refractivity contribution in [2.24, 2.45) is 0 Å². The zero-order valence-electron chi connectivity index (χ0n) is 11.9. The van der Waals surface area contributed by atoms with Crippen molar-refractivity contribution in [2.75, 3.05) is 0 Å². The molecule has 1 amide bonds. The molecule has 1 atom stereocenters. The van der Waals surface area contributed by atoms with Gasteiger partial charge in [-0.2, -0.15) is 5.10 Å². The van der Waals surface area contributed by atoms with Crippen LogP contribution in [0.2, 0.25) is 0 Å². The normalized spacial score (nSPS) is 17.3. The predicted molar refractivity (Wildman–Crippen MR) is 79.9 cm³/mol. The van der Waals surface area contributed by atoms with E-state index in [0.29, 0.717) is 18.8 Å². The van der Waals surface area contributed by atoms with E-state index in [0.717, 1.165) is 11.4 Å². The summed E-state index contributed by atoms with van der Waals surface area (Å²) < 4.78 is 2.11. The van der Waals surface area contributed by atoms with Gasteiger partial charge in [-0.15, -0.1) is 0 Å². The number of H-pyrrole nitrogens is 1. The van der Waals surface area contributed by atoms with E-state index in [-0.39, 0.29) is 11.9 Å². The van der Waals surface area contributed by atoms with Gasteiger partial charge < -0.3 is 9.47 Å². The highest BCUT2D eigenvalue weighted by atomic mass is 16.2. The fourth-order valence-electron chi connectivity index (χ4n) is 2.91. The molecule has 1 aliphatic rings. The molecule has 6 nitrogen and oxygen atoms in total. The predicted octanol–water partition coefficient (Wildman–Crippen LogP) is 2.00. The standard InChI is InChI=1S/C16H15N5O/c22-16(13-6-7-18-19-13)21-11-15-17-8-9-20(15)10-14(21)12-4-2-1-3-5-12/h1-9,14H,10-11H2,(H,18,19)/t14-/m0/s1. The van der Waals surface area contributed by atoms with E-state index in [9.17, 15) is 4.79 Å². The fraction of sp³-hybridized carbons (Fsp3) is 0.188. The Morgan fingerprint density at radius 3 is 2.82 bits per heavy atom. The van der Waals surface area contributed by atoms with Crippen LogP contribution in [0, 0.1) is 0 Å². The molecule has 1 aliphatic heterocycles. The van der Waals surface area contributed by atoms with Crippen LogP contribution in [0.15, 0.2) is 55.0 Å². The molecule has 0 fully saturated rings. The number of aromatic nitrogens is 4. The third-order valence-electron chi connectivity index (χ3n) is 4.04. The minimum Gasteiger partial charge on any atom is -0.331 e. The topological polar surface area (TPSA) is 66.8 Å². The fourth-order valence-corrected chi connectivity index (χ4v) is 2.91. The van der Waals surface area contributed by atoms with Crippen molar-refractivity contribution < 1.29 is 4.79 Å². The number of aromatic amines is 1. The van der Waals surface area contributed by atoms with Crippen LogP contribution >= 0.6 is 0 Å². The molecule has 3 aromatic rings. The van der Waals surface area contributed by atoms with Crippen LogP contribution in [-0.2, 0) is 13.1 Å². The number of hydrogen-bond acceptors (Lipinski definition) is 3. The van der Waals surface area contributed by atoms with Crippen molar-refractivity contribution in [3.63, 3.8) is 0 Å². The second kappa shape index (κ2) is 5.14.